The summed E-state index contributed by atoms with van der Waals surface area (Å²) in [5.41, 5.74) is 1.71. The van der Waals surface area contributed by atoms with E-state index in [-0.39, 0.29) is 16.1 Å². The van der Waals surface area contributed by atoms with Crippen LogP contribution in [0.25, 0.3) is 0 Å². The fourth-order valence-corrected chi connectivity index (χ4v) is 4.58. The molecule has 33 heavy (non-hydrogen) atoms. The topological polar surface area (TPSA) is 102 Å². The number of sulfonamides is 1. The molecule has 3 aromatic rings. The zero-order valence-electron chi connectivity index (χ0n) is 18.4. The van der Waals surface area contributed by atoms with Crippen LogP contribution in [-0.4, -0.2) is 41.1 Å². The lowest BCUT2D eigenvalue weighted by Gasteiger charge is -2.25. The van der Waals surface area contributed by atoms with E-state index < -0.39 is 28.4 Å². The molecule has 0 saturated heterocycles. The Bertz CT molecular complexity index is 1260. The molecule has 3 rings (SSSR count). The molecule has 0 aliphatic rings. The van der Waals surface area contributed by atoms with Crippen LogP contribution in [0.3, 0.4) is 0 Å². The summed E-state index contributed by atoms with van der Waals surface area (Å²) in [5, 5.41) is 2.64. The van der Waals surface area contributed by atoms with Crippen molar-refractivity contribution in [2.45, 2.75) is 11.8 Å². The Labute approximate surface area is 192 Å². The second kappa shape index (κ2) is 10.2. The van der Waals surface area contributed by atoms with E-state index in [0.717, 1.165) is 9.87 Å². The van der Waals surface area contributed by atoms with E-state index >= 15 is 0 Å². The minimum Gasteiger partial charge on any atom is -0.495 e. The fourth-order valence-electron chi connectivity index (χ4n) is 3.15. The second-order valence-electron chi connectivity index (χ2n) is 7.12. The summed E-state index contributed by atoms with van der Waals surface area (Å²) in [6.45, 7) is 1.34. The Morgan fingerprint density at radius 2 is 1.64 bits per heavy atom. The molecule has 0 aromatic heterocycles. The van der Waals surface area contributed by atoms with E-state index in [1.54, 1.807) is 54.6 Å². The molecule has 0 aliphatic heterocycles. The molecule has 3 aromatic carbocycles. The number of benzene rings is 3. The van der Waals surface area contributed by atoms with Crippen molar-refractivity contribution in [2.24, 2.45) is 0 Å². The van der Waals surface area contributed by atoms with E-state index in [2.05, 4.69) is 5.32 Å². The third-order valence-corrected chi connectivity index (χ3v) is 6.59. The lowest BCUT2D eigenvalue weighted by atomic mass is 10.2. The number of para-hydroxylation sites is 2. The van der Waals surface area contributed by atoms with Gasteiger partial charge >= 0.3 is 5.97 Å². The van der Waals surface area contributed by atoms with E-state index in [1.807, 2.05) is 6.92 Å². The molecule has 0 heterocycles. The third kappa shape index (κ3) is 5.50. The molecule has 0 radical (unpaired) electrons. The summed E-state index contributed by atoms with van der Waals surface area (Å²) in [5.74, 6) is -0.851. The highest BCUT2D eigenvalue weighted by atomic mass is 32.2. The van der Waals surface area contributed by atoms with Gasteiger partial charge in [0.2, 0.25) is 5.91 Å². The van der Waals surface area contributed by atoms with Gasteiger partial charge in [0.05, 0.1) is 30.4 Å². The maximum Gasteiger partial charge on any atom is 0.337 e. The summed E-state index contributed by atoms with van der Waals surface area (Å²) in [7, 11) is -1.41. The normalized spacial score (nSPS) is 10.9. The Balaban J connectivity index is 1.96. The zero-order valence-corrected chi connectivity index (χ0v) is 19.3. The van der Waals surface area contributed by atoms with Gasteiger partial charge in [0, 0.05) is 5.69 Å². The fraction of sp³-hybridized carbons (Fsp3) is 0.167. The lowest BCUT2D eigenvalue weighted by Crippen LogP contribution is -2.38. The number of nitrogens with one attached hydrogen (secondary N) is 1. The van der Waals surface area contributed by atoms with E-state index in [1.165, 1.54) is 32.4 Å². The highest BCUT2D eigenvalue weighted by Gasteiger charge is 2.29. The number of rotatable bonds is 8. The molecule has 0 fully saturated rings. The molecule has 1 N–H and O–H groups in total. The van der Waals surface area contributed by atoms with Crippen LogP contribution in [0.1, 0.15) is 15.9 Å². The quantitative estimate of drug-likeness (QED) is 0.507. The zero-order chi connectivity index (χ0) is 24.0. The maximum atomic E-state index is 13.5. The van der Waals surface area contributed by atoms with Crippen molar-refractivity contribution in [1.82, 2.24) is 0 Å². The number of carbonyl (C=O) groups excluding carboxylic acids is 2. The minimum absolute atomic E-state index is 0.0412. The van der Waals surface area contributed by atoms with Gasteiger partial charge in [-0.05, 0) is 49.4 Å². The predicted molar refractivity (Wildman–Crippen MR) is 125 cm³/mol. The molecule has 0 bridgehead atoms. The van der Waals surface area contributed by atoms with Crippen LogP contribution in [0.2, 0.25) is 0 Å². The minimum atomic E-state index is -4.10. The predicted octanol–water partition coefficient (Wildman–Crippen LogP) is 3.62. The third-order valence-electron chi connectivity index (χ3n) is 4.82. The first kappa shape index (κ1) is 23.8. The number of anilines is 2. The molecule has 172 valence electrons. The summed E-state index contributed by atoms with van der Waals surface area (Å²) in [6.07, 6.45) is 0. The van der Waals surface area contributed by atoms with Gasteiger partial charge in [-0.15, -0.1) is 0 Å². The van der Waals surface area contributed by atoms with Crippen LogP contribution in [0, 0.1) is 6.92 Å². The van der Waals surface area contributed by atoms with E-state index in [9.17, 15) is 18.0 Å². The average molecular weight is 469 g/mol. The summed E-state index contributed by atoms with van der Waals surface area (Å²) < 4.78 is 38.1. The first-order chi connectivity index (χ1) is 15.8. The van der Waals surface area contributed by atoms with Crippen molar-refractivity contribution >= 4 is 33.3 Å². The monoisotopic (exact) mass is 468 g/mol. The standard InChI is InChI=1S/C24H24N2O6S/c1-17-11-13-20(14-12-17)33(29,30)26(21-9-4-5-10-22(21)31-2)16-23(27)25-19-8-6-7-18(15-19)24(28)32-3/h4-15H,16H2,1-3H3,(H,25,27). The summed E-state index contributed by atoms with van der Waals surface area (Å²) in [6, 6.07) is 19.1. The summed E-state index contributed by atoms with van der Waals surface area (Å²) >= 11 is 0. The van der Waals surface area contributed by atoms with Crippen molar-refractivity contribution in [3.05, 3.63) is 83.9 Å². The molecule has 1 amide bonds. The summed E-state index contributed by atoms with van der Waals surface area (Å²) in [4.78, 5) is 24.7. The van der Waals surface area contributed by atoms with Gasteiger partial charge in [-0.2, -0.15) is 0 Å². The molecule has 0 atom stereocenters. The molecular weight excluding hydrogens is 444 g/mol. The number of amides is 1. The number of methoxy groups -OCH3 is 2. The molecule has 0 spiro atoms. The van der Waals surface area contributed by atoms with Gasteiger partial charge in [-0.3, -0.25) is 9.10 Å². The van der Waals surface area contributed by atoms with Crippen molar-refractivity contribution in [3.63, 3.8) is 0 Å². The van der Waals surface area contributed by atoms with Crippen LogP contribution in [0.5, 0.6) is 5.75 Å². The Hall–Kier alpha value is -3.85. The molecule has 9 heteroatoms. The van der Waals surface area contributed by atoms with Gasteiger partial charge < -0.3 is 14.8 Å². The van der Waals surface area contributed by atoms with Crippen molar-refractivity contribution in [3.8, 4) is 5.75 Å². The Morgan fingerprint density at radius 1 is 0.939 bits per heavy atom. The number of carbonyl (C=O) groups is 2. The Kier molecular flexibility index (Phi) is 7.34. The first-order valence-corrected chi connectivity index (χ1v) is 11.4. The highest BCUT2D eigenvalue weighted by Crippen LogP contribution is 2.32. The van der Waals surface area contributed by atoms with Gasteiger partial charge in [-0.1, -0.05) is 35.9 Å². The van der Waals surface area contributed by atoms with Crippen LogP contribution in [0.15, 0.2) is 77.7 Å². The molecule has 0 unspecified atom stereocenters. The van der Waals surface area contributed by atoms with Gasteiger partial charge in [0.15, 0.2) is 0 Å². The number of aryl methyl sites for hydroxylation is 1. The van der Waals surface area contributed by atoms with Crippen molar-refractivity contribution in [2.75, 3.05) is 30.4 Å². The van der Waals surface area contributed by atoms with Crippen LogP contribution in [-0.2, 0) is 19.6 Å². The molecular formula is C24H24N2O6S. The number of esters is 1. The van der Waals surface area contributed by atoms with Gasteiger partial charge in [-0.25, -0.2) is 13.2 Å². The van der Waals surface area contributed by atoms with Crippen molar-refractivity contribution < 1.29 is 27.5 Å². The van der Waals surface area contributed by atoms with Crippen LogP contribution in [0.4, 0.5) is 11.4 Å². The maximum absolute atomic E-state index is 13.5. The smallest absolute Gasteiger partial charge is 0.337 e. The number of hydrogen-bond donors (Lipinski definition) is 1. The second-order valence-corrected chi connectivity index (χ2v) is 8.98. The van der Waals surface area contributed by atoms with E-state index in [4.69, 9.17) is 9.47 Å². The molecule has 0 aliphatic carbocycles. The first-order valence-electron chi connectivity index (χ1n) is 9.97. The SMILES string of the molecule is COC(=O)c1cccc(NC(=O)CN(c2ccccc2OC)S(=O)(=O)c2ccc(C)cc2)c1. The number of ether oxygens (including phenoxy) is 2. The van der Waals surface area contributed by atoms with Crippen LogP contribution < -0.4 is 14.4 Å². The van der Waals surface area contributed by atoms with Gasteiger partial charge in [0.25, 0.3) is 10.0 Å². The van der Waals surface area contributed by atoms with Crippen LogP contribution >= 0.6 is 0 Å². The lowest BCUT2D eigenvalue weighted by molar-refractivity contribution is -0.114. The largest absolute Gasteiger partial charge is 0.495 e. The van der Waals surface area contributed by atoms with E-state index in [0.29, 0.717) is 11.4 Å². The average Bonchev–Trinajstić information content (AvgIpc) is 2.82. The number of hydrogen-bond acceptors (Lipinski definition) is 6. The van der Waals surface area contributed by atoms with Gasteiger partial charge in [0.1, 0.15) is 12.3 Å². The number of nitrogens with zero attached hydrogens (tertiary/aromatic N) is 1. The van der Waals surface area contributed by atoms with Crippen molar-refractivity contribution in [1.29, 1.82) is 0 Å². The molecule has 0 saturated carbocycles. The Morgan fingerprint density at radius 3 is 2.30 bits per heavy atom. The molecule has 8 nitrogen and oxygen atoms in total. The highest BCUT2D eigenvalue weighted by molar-refractivity contribution is 7.92.